The second kappa shape index (κ2) is 4.84. The molecule has 0 aliphatic rings. The zero-order chi connectivity index (χ0) is 11.5. The number of alkyl halides is 2. The highest BCUT2D eigenvalue weighted by Gasteiger charge is 2.04. The van der Waals surface area contributed by atoms with Crippen LogP contribution in [0.3, 0.4) is 0 Å². The molecule has 0 bridgehead atoms. The molecular weight excluding hydrogens is 235 g/mol. The number of hydrogen-bond donors (Lipinski definition) is 1. The molecule has 0 unspecified atom stereocenters. The fourth-order valence-corrected chi connectivity index (χ4v) is 2.51. The summed E-state index contributed by atoms with van der Waals surface area (Å²) in [4.78, 5) is 0.932. The molecule has 0 fully saturated rings. The Kier molecular flexibility index (Phi) is 3.46. The third-order valence-electron chi connectivity index (χ3n) is 2.13. The lowest BCUT2D eigenvalue weighted by atomic mass is 10.2. The van der Waals surface area contributed by atoms with E-state index in [-0.39, 0.29) is 12.4 Å². The SMILES string of the molecule is Fc1ccc2cc(CNCC(F)F)sc2c1. The summed E-state index contributed by atoms with van der Waals surface area (Å²) >= 11 is 1.42. The summed E-state index contributed by atoms with van der Waals surface area (Å²) in [6.45, 7) is 0.0773. The quantitative estimate of drug-likeness (QED) is 0.870. The van der Waals surface area contributed by atoms with Gasteiger partial charge in [-0.2, -0.15) is 0 Å². The first-order valence-corrected chi connectivity index (χ1v) is 5.63. The molecule has 0 saturated heterocycles. The summed E-state index contributed by atoms with van der Waals surface area (Å²) in [5.74, 6) is -0.276. The van der Waals surface area contributed by atoms with E-state index in [4.69, 9.17) is 0 Å². The molecule has 0 saturated carbocycles. The van der Waals surface area contributed by atoms with Gasteiger partial charge in [0.05, 0.1) is 6.54 Å². The normalized spacial score (nSPS) is 11.5. The van der Waals surface area contributed by atoms with Gasteiger partial charge in [-0.25, -0.2) is 13.2 Å². The molecule has 1 aromatic heterocycles. The highest BCUT2D eigenvalue weighted by atomic mass is 32.1. The van der Waals surface area contributed by atoms with Gasteiger partial charge in [0.2, 0.25) is 0 Å². The monoisotopic (exact) mass is 245 g/mol. The number of fused-ring (bicyclic) bond motifs is 1. The van der Waals surface area contributed by atoms with Gasteiger partial charge in [0.1, 0.15) is 5.82 Å². The van der Waals surface area contributed by atoms with Crippen LogP contribution in [-0.2, 0) is 6.54 Å². The minimum atomic E-state index is -2.34. The van der Waals surface area contributed by atoms with Gasteiger partial charge in [-0.05, 0) is 23.6 Å². The molecule has 0 radical (unpaired) electrons. The van der Waals surface area contributed by atoms with Crippen LogP contribution in [-0.4, -0.2) is 13.0 Å². The largest absolute Gasteiger partial charge is 0.306 e. The Bertz CT molecular complexity index is 481. The molecule has 2 rings (SSSR count). The molecule has 1 heterocycles. The highest BCUT2D eigenvalue weighted by molar-refractivity contribution is 7.19. The maximum Gasteiger partial charge on any atom is 0.250 e. The third kappa shape index (κ3) is 2.74. The molecule has 0 spiro atoms. The summed E-state index contributed by atoms with van der Waals surface area (Å²) in [6, 6.07) is 6.43. The molecule has 0 atom stereocenters. The maximum atomic E-state index is 12.9. The predicted molar refractivity (Wildman–Crippen MR) is 59.5 cm³/mol. The van der Waals surface area contributed by atoms with Gasteiger partial charge in [0.25, 0.3) is 6.43 Å². The first kappa shape index (κ1) is 11.4. The number of thiophene rings is 1. The zero-order valence-electron chi connectivity index (χ0n) is 8.34. The fraction of sp³-hybridized carbons (Fsp3) is 0.273. The van der Waals surface area contributed by atoms with Crippen molar-refractivity contribution >= 4 is 21.4 Å². The number of hydrogen-bond acceptors (Lipinski definition) is 2. The van der Waals surface area contributed by atoms with Gasteiger partial charge in [0, 0.05) is 16.1 Å². The summed E-state index contributed by atoms with van der Waals surface area (Å²) < 4.78 is 37.5. The third-order valence-corrected chi connectivity index (χ3v) is 3.23. The molecule has 86 valence electrons. The average Bonchev–Trinajstić information content (AvgIpc) is 2.58. The van der Waals surface area contributed by atoms with E-state index in [2.05, 4.69) is 5.32 Å². The van der Waals surface area contributed by atoms with Crippen molar-refractivity contribution in [2.75, 3.05) is 6.54 Å². The molecule has 1 N–H and O–H groups in total. The summed E-state index contributed by atoms with van der Waals surface area (Å²) in [5.41, 5.74) is 0. The molecular formula is C11H10F3NS. The van der Waals surface area contributed by atoms with Crippen molar-refractivity contribution in [1.29, 1.82) is 0 Å². The van der Waals surface area contributed by atoms with Crippen molar-refractivity contribution in [3.05, 3.63) is 35.0 Å². The van der Waals surface area contributed by atoms with Crippen LogP contribution in [0.1, 0.15) is 4.88 Å². The smallest absolute Gasteiger partial charge is 0.250 e. The van der Waals surface area contributed by atoms with Crippen LogP contribution in [0.15, 0.2) is 24.3 Å². The van der Waals surface area contributed by atoms with Gasteiger partial charge in [-0.3, -0.25) is 0 Å². The lowest BCUT2D eigenvalue weighted by molar-refractivity contribution is 0.145. The molecule has 1 nitrogen and oxygen atoms in total. The average molecular weight is 245 g/mol. The topological polar surface area (TPSA) is 12.0 Å². The van der Waals surface area contributed by atoms with E-state index in [9.17, 15) is 13.2 Å². The van der Waals surface area contributed by atoms with Crippen LogP contribution < -0.4 is 5.32 Å². The standard InChI is InChI=1S/C11H10F3NS/c12-8-2-1-7-3-9(16-10(7)4-8)5-15-6-11(13)14/h1-4,11,15H,5-6H2. The molecule has 2 aromatic rings. The van der Waals surface area contributed by atoms with Crippen LogP contribution >= 0.6 is 11.3 Å². The Morgan fingerprint density at radius 1 is 1.25 bits per heavy atom. The van der Waals surface area contributed by atoms with E-state index in [1.54, 1.807) is 6.07 Å². The zero-order valence-corrected chi connectivity index (χ0v) is 9.16. The Balaban J connectivity index is 2.08. The van der Waals surface area contributed by atoms with Crippen molar-refractivity contribution < 1.29 is 13.2 Å². The van der Waals surface area contributed by atoms with E-state index in [0.717, 1.165) is 15.0 Å². The minimum Gasteiger partial charge on any atom is -0.306 e. The van der Waals surface area contributed by atoms with E-state index < -0.39 is 6.43 Å². The van der Waals surface area contributed by atoms with Gasteiger partial charge < -0.3 is 5.32 Å². The van der Waals surface area contributed by atoms with Crippen LogP contribution in [0.25, 0.3) is 10.1 Å². The Morgan fingerprint density at radius 2 is 2.06 bits per heavy atom. The first-order chi connectivity index (χ1) is 7.65. The highest BCUT2D eigenvalue weighted by Crippen LogP contribution is 2.26. The van der Waals surface area contributed by atoms with Gasteiger partial charge >= 0.3 is 0 Å². The fourth-order valence-electron chi connectivity index (χ4n) is 1.45. The van der Waals surface area contributed by atoms with E-state index >= 15 is 0 Å². The Morgan fingerprint density at radius 3 is 2.81 bits per heavy atom. The summed E-state index contributed by atoms with van der Waals surface area (Å²) in [5, 5.41) is 3.59. The van der Waals surface area contributed by atoms with E-state index in [1.807, 2.05) is 6.07 Å². The van der Waals surface area contributed by atoms with Crippen LogP contribution in [0.4, 0.5) is 13.2 Å². The Labute approximate surface area is 94.9 Å². The van der Waals surface area contributed by atoms with E-state index in [0.29, 0.717) is 6.54 Å². The number of halogens is 3. The molecule has 1 aromatic carbocycles. The van der Waals surface area contributed by atoms with E-state index in [1.165, 1.54) is 23.5 Å². The molecule has 0 aliphatic heterocycles. The lowest BCUT2D eigenvalue weighted by Crippen LogP contribution is -2.19. The summed E-state index contributed by atoms with van der Waals surface area (Å²) in [6.07, 6.45) is -2.34. The number of rotatable bonds is 4. The number of benzene rings is 1. The molecule has 0 amide bonds. The van der Waals surface area contributed by atoms with Gasteiger partial charge in [-0.15, -0.1) is 11.3 Å². The second-order valence-electron chi connectivity index (χ2n) is 3.42. The van der Waals surface area contributed by atoms with Crippen LogP contribution in [0, 0.1) is 5.82 Å². The van der Waals surface area contributed by atoms with Crippen molar-refractivity contribution in [2.45, 2.75) is 13.0 Å². The van der Waals surface area contributed by atoms with Gasteiger partial charge in [-0.1, -0.05) is 6.07 Å². The first-order valence-electron chi connectivity index (χ1n) is 4.82. The predicted octanol–water partition coefficient (Wildman–Crippen LogP) is 3.40. The maximum absolute atomic E-state index is 12.9. The Hall–Kier alpha value is -1.07. The summed E-state index contributed by atoms with van der Waals surface area (Å²) in [7, 11) is 0. The molecule has 0 aliphatic carbocycles. The lowest BCUT2D eigenvalue weighted by Gasteiger charge is -2.00. The van der Waals surface area contributed by atoms with Crippen molar-refractivity contribution in [2.24, 2.45) is 0 Å². The minimum absolute atomic E-state index is 0.276. The van der Waals surface area contributed by atoms with Crippen LogP contribution in [0.2, 0.25) is 0 Å². The van der Waals surface area contributed by atoms with Crippen molar-refractivity contribution in [3.63, 3.8) is 0 Å². The van der Waals surface area contributed by atoms with Crippen molar-refractivity contribution in [3.8, 4) is 0 Å². The van der Waals surface area contributed by atoms with Crippen LogP contribution in [0.5, 0.6) is 0 Å². The number of nitrogens with one attached hydrogen (secondary N) is 1. The van der Waals surface area contributed by atoms with Gasteiger partial charge in [0.15, 0.2) is 0 Å². The van der Waals surface area contributed by atoms with Crippen molar-refractivity contribution in [1.82, 2.24) is 5.32 Å². The molecule has 16 heavy (non-hydrogen) atoms. The second-order valence-corrected chi connectivity index (χ2v) is 4.59. The molecule has 5 heteroatoms.